The van der Waals surface area contributed by atoms with Gasteiger partial charge in [-0.2, -0.15) is 0 Å². The highest BCUT2D eigenvalue weighted by Gasteiger charge is 2.35. The van der Waals surface area contributed by atoms with Crippen molar-refractivity contribution < 1.29 is 22.4 Å². The van der Waals surface area contributed by atoms with Crippen molar-refractivity contribution >= 4 is 39.1 Å². The number of aryl methyl sites for hydroxylation is 1. The Labute approximate surface area is 281 Å². The van der Waals surface area contributed by atoms with Gasteiger partial charge in [0.05, 0.1) is 15.6 Å². The molecule has 0 heterocycles. The Balaban J connectivity index is 1.56. The van der Waals surface area contributed by atoms with Crippen LogP contribution in [0.5, 0.6) is 0 Å². The van der Waals surface area contributed by atoms with Crippen molar-refractivity contribution in [2.75, 3.05) is 10.8 Å². The number of hydrogen-bond donors (Lipinski definition) is 1. The summed E-state index contributed by atoms with van der Waals surface area (Å²) in [6.45, 7) is 1.38. The second-order valence-corrected chi connectivity index (χ2v) is 14.2. The summed E-state index contributed by atoms with van der Waals surface area (Å²) in [5, 5.41) is 2.92. The van der Waals surface area contributed by atoms with Gasteiger partial charge in [0.25, 0.3) is 10.0 Å². The number of rotatable bonds is 12. The van der Waals surface area contributed by atoms with E-state index in [1.807, 2.05) is 61.5 Å². The third-order valence-corrected chi connectivity index (χ3v) is 10.6. The van der Waals surface area contributed by atoms with Crippen molar-refractivity contribution in [3.05, 3.63) is 131 Å². The van der Waals surface area contributed by atoms with Crippen molar-refractivity contribution in [2.45, 2.75) is 69.0 Å². The van der Waals surface area contributed by atoms with E-state index in [4.69, 9.17) is 11.6 Å². The average Bonchev–Trinajstić information content (AvgIpc) is 3.08. The van der Waals surface area contributed by atoms with E-state index < -0.39 is 34.3 Å². The topological polar surface area (TPSA) is 86.8 Å². The van der Waals surface area contributed by atoms with Crippen LogP contribution in [0.15, 0.2) is 108 Å². The number of nitrogens with one attached hydrogen (secondary N) is 1. The third-order valence-electron chi connectivity index (χ3n) is 8.50. The van der Waals surface area contributed by atoms with E-state index in [0.717, 1.165) is 59.2 Å². The molecular formula is C37H39ClFN3O4S. The number of anilines is 1. The van der Waals surface area contributed by atoms with Gasteiger partial charge in [0, 0.05) is 19.0 Å². The first-order valence-electron chi connectivity index (χ1n) is 15.8. The molecule has 4 aromatic carbocycles. The first kappa shape index (κ1) is 34.1. The lowest BCUT2D eigenvalue weighted by molar-refractivity contribution is -0.140. The molecule has 2 amide bonds. The molecular weight excluding hydrogens is 637 g/mol. The first-order valence-corrected chi connectivity index (χ1v) is 17.7. The number of sulfonamides is 1. The smallest absolute Gasteiger partial charge is 0.264 e. The highest BCUT2D eigenvalue weighted by molar-refractivity contribution is 7.92. The van der Waals surface area contributed by atoms with Crippen LogP contribution in [0, 0.1) is 12.7 Å². The molecule has 1 aliphatic carbocycles. The second-order valence-electron chi connectivity index (χ2n) is 12.0. The van der Waals surface area contributed by atoms with Crippen molar-refractivity contribution in [3.63, 3.8) is 0 Å². The molecule has 0 aromatic heterocycles. The largest absolute Gasteiger partial charge is 0.352 e. The maximum Gasteiger partial charge on any atom is 0.264 e. The SMILES string of the molecule is Cc1ccc(CN(C(=O)CN(c2ccc(F)c(Cl)c2)S(=O)(=O)c2ccccc2)[C@H](Cc2ccccc2)C(=O)NC2CCCCC2)cc1. The highest BCUT2D eigenvalue weighted by atomic mass is 35.5. The third kappa shape index (κ3) is 8.78. The van der Waals surface area contributed by atoms with E-state index in [-0.39, 0.29) is 40.5 Å². The van der Waals surface area contributed by atoms with Gasteiger partial charge in [-0.05, 0) is 61.2 Å². The quantitative estimate of drug-likeness (QED) is 0.174. The predicted molar refractivity (Wildman–Crippen MR) is 183 cm³/mol. The van der Waals surface area contributed by atoms with E-state index in [2.05, 4.69) is 5.32 Å². The molecule has 0 saturated heterocycles. The first-order chi connectivity index (χ1) is 22.6. The summed E-state index contributed by atoms with van der Waals surface area (Å²) < 4.78 is 43.3. The lowest BCUT2D eigenvalue weighted by Gasteiger charge is -2.35. The molecule has 47 heavy (non-hydrogen) atoms. The zero-order valence-electron chi connectivity index (χ0n) is 26.3. The van der Waals surface area contributed by atoms with Gasteiger partial charge in [-0.3, -0.25) is 13.9 Å². The molecule has 4 aromatic rings. The van der Waals surface area contributed by atoms with Gasteiger partial charge in [-0.15, -0.1) is 0 Å². The Morgan fingerprint density at radius 2 is 1.51 bits per heavy atom. The van der Waals surface area contributed by atoms with Crippen molar-refractivity contribution in [1.29, 1.82) is 0 Å². The number of nitrogens with zero attached hydrogens (tertiary/aromatic N) is 2. The highest BCUT2D eigenvalue weighted by Crippen LogP contribution is 2.29. The van der Waals surface area contributed by atoms with Crippen molar-refractivity contribution in [1.82, 2.24) is 10.2 Å². The Hall–Kier alpha value is -4.21. The van der Waals surface area contributed by atoms with E-state index in [0.29, 0.717) is 0 Å². The summed E-state index contributed by atoms with van der Waals surface area (Å²) in [4.78, 5) is 30.2. The molecule has 7 nitrogen and oxygen atoms in total. The number of benzene rings is 4. The van der Waals surface area contributed by atoms with Gasteiger partial charge in [0.15, 0.2) is 0 Å². The molecule has 1 saturated carbocycles. The fourth-order valence-corrected chi connectivity index (χ4v) is 7.48. The summed E-state index contributed by atoms with van der Waals surface area (Å²) in [7, 11) is -4.31. The Bertz CT molecular complexity index is 1770. The van der Waals surface area contributed by atoms with Crippen molar-refractivity contribution in [2.24, 2.45) is 0 Å². The minimum absolute atomic E-state index is 0.00200. The van der Waals surface area contributed by atoms with Crippen LogP contribution in [0.25, 0.3) is 0 Å². The zero-order chi connectivity index (χ0) is 33.4. The van der Waals surface area contributed by atoms with Crippen LogP contribution in [0.2, 0.25) is 5.02 Å². The van der Waals surface area contributed by atoms with Gasteiger partial charge >= 0.3 is 0 Å². The van der Waals surface area contributed by atoms with E-state index >= 15 is 0 Å². The van der Waals surface area contributed by atoms with Gasteiger partial charge in [0.1, 0.15) is 18.4 Å². The minimum atomic E-state index is -4.31. The summed E-state index contributed by atoms with van der Waals surface area (Å²) >= 11 is 6.10. The molecule has 5 rings (SSSR count). The van der Waals surface area contributed by atoms with Crippen LogP contribution < -0.4 is 9.62 Å². The summed E-state index contributed by atoms with van der Waals surface area (Å²) in [5.41, 5.74) is 2.71. The maximum atomic E-state index is 14.6. The standard InChI is InChI=1S/C37H39ClFN3O4S/c1-27-17-19-29(20-18-27)25-41(35(23-28-11-5-2-6-12-28)37(44)40-30-13-7-3-8-14-30)36(43)26-42(31-21-22-34(39)33(38)24-31)47(45,46)32-15-9-4-10-16-32/h2,4-6,9-12,15-22,24,30,35H,3,7-8,13-14,23,25-26H2,1H3,(H,40,44)/t35-/m1/s1. The number of amides is 2. The fourth-order valence-electron chi connectivity index (χ4n) is 5.88. The monoisotopic (exact) mass is 675 g/mol. The molecule has 0 unspecified atom stereocenters. The molecule has 0 bridgehead atoms. The summed E-state index contributed by atoms with van der Waals surface area (Å²) in [5.74, 6) is -1.60. The van der Waals surface area contributed by atoms with Crippen LogP contribution in [0.4, 0.5) is 10.1 Å². The van der Waals surface area contributed by atoms with Gasteiger partial charge < -0.3 is 10.2 Å². The van der Waals surface area contributed by atoms with Crippen LogP contribution >= 0.6 is 11.6 Å². The van der Waals surface area contributed by atoms with E-state index in [1.54, 1.807) is 18.2 Å². The Morgan fingerprint density at radius 3 is 2.15 bits per heavy atom. The minimum Gasteiger partial charge on any atom is -0.352 e. The second kappa shape index (κ2) is 15.6. The average molecular weight is 676 g/mol. The number of hydrogen-bond acceptors (Lipinski definition) is 4. The van der Waals surface area contributed by atoms with Crippen LogP contribution in [0.1, 0.15) is 48.8 Å². The Kier molecular flexibility index (Phi) is 11.3. The van der Waals surface area contributed by atoms with Gasteiger partial charge in [-0.1, -0.05) is 109 Å². The number of carbonyl (C=O) groups is 2. The fraction of sp³-hybridized carbons (Fsp3) is 0.297. The Morgan fingerprint density at radius 1 is 0.872 bits per heavy atom. The lowest BCUT2D eigenvalue weighted by atomic mass is 9.94. The van der Waals surface area contributed by atoms with Gasteiger partial charge in [-0.25, -0.2) is 12.8 Å². The molecule has 1 fully saturated rings. The lowest BCUT2D eigenvalue weighted by Crippen LogP contribution is -2.55. The van der Waals surface area contributed by atoms with Crippen LogP contribution in [0.3, 0.4) is 0 Å². The summed E-state index contributed by atoms with van der Waals surface area (Å²) in [6, 6.07) is 27.4. The molecule has 0 radical (unpaired) electrons. The van der Waals surface area contributed by atoms with Crippen LogP contribution in [-0.4, -0.2) is 43.8 Å². The van der Waals surface area contributed by atoms with Crippen molar-refractivity contribution in [3.8, 4) is 0 Å². The molecule has 1 aliphatic rings. The number of halogens is 2. The normalized spacial score (nSPS) is 14.3. The molecule has 0 aliphatic heterocycles. The summed E-state index contributed by atoms with van der Waals surface area (Å²) in [6.07, 6.45) is 5.12. The van der Waals surface area contributed by atoms with Crippen LogP contribution in [-0.2, 0) is 32.6 Å². The molecule has 0 spiro atoms. The zero-order valence-corrected chi connectivity index (χ0v) is 27.9. The van der Waals surface area contributed by atoms with E-state index in [1.165, 1.54) is 29.2 Å². The molecule has 1 atom stereocenters. The number of carbonyl (C=O) groups excluding carboxylic acids is 2. The molecule has 246 valence electrons. The maximum absolute atomic E-state index is 14.6. The van der Waals surface area contributed by atoms with Gasteiger partial charge in [0.2, 0.25) is 11.8 Å². The molecule has 10 heteroatoms. The molecule has 1 N–H and O–H groups in total. The van der Waals surface area contributed by atoms with E-state index in [9.17, 15) is 22.4 Å². The predicted octanol–water partition coefficient (Wildman–Crippen LogP) is 7.07.